The highest BCUT2D eigenvalue weighted by molar-refractivity contribution is 5.77. The molecule has 1 aromatic carbocycles. The lowest BCUT2D eigenvalue weighted by Gasteiger charge is -2.28. The van der Waals surface area contributed by atoms with Crippen molar-refractivity contribution in [3.63, 3.8) is 0 Å². The van der Waals surface area contributed by atoms with E-state index >= 15 is 0 Å². The van der Waals surface area contributed by atoms with Gasteiger partial charge in [0, 0.05) is 18.0 Å². The van der Waals surface area contributed by atoms with Gasteiger partial charge in [0.15, 0.2) is 0 Å². The molecule has 3 heteroatoms. The summed E-state index contributed by atoms with van der Waals surface area (Å²) in [5.74, 6) is 0.656. The number of aliphatic hydroxyl groups excluding tert-OH is 1. The summed E-state index contributed by atoms with van der Waals surface area (Å²) in [7, 11) is 0. The van der Waals surface area contributed by atoms with Crippen molar-refractivity contribution in [1.29, 1.82) is 0 Å². The van der Waals surface area contributed by atoms with Gasteiger partial charge in [-0.15, -0.1) is 0 Å². The Kier molecular flexibility index (Phi) is 4.61. The number of furan rings is 1. The molecule has 0 saturated carbocycles. The predicted octanol–water partition coefficient (Wildman–Crippen LogP) is 3.59. The fraction of sp³-hybridized carbons (Fsp3) is 0.500. The van der Waals surface area contributed by atoms with Crippen LogP contribution in [0, 0.1) is 0 Å². The van der Waals surface area contributed by atoms with Crippen LogP contribution in [0.3, 0.4) is 0 Å². The molecule has 1 N–H and O–H groups in total. The fourth-order valence-corrected chi connectivity index (χ4v) is 2.36. The number of likely N-dealkylation sites (N-methyl/N-ethyl adjacent to an activating group) is 1. The van der Waals surface area contributed by atoms with E-state index in [2.05, 4.69) is 25.7 Å². The number of rotatable bonds is 6. The molecule has 0 aliphatic heterocycles. The second kappa shape index (κ2) is 6.22. The van der Waals surface area contributed by atoms with Crippen LogP contribution >= 0.6 is 0 Å². The average Bonchev–Trinajstić information content (AvgIpc) is 2.87. The molecular formula is C16H23NO2. The van der Waals surface area contributed by atoms with Gasteiger partial charge < -0.3 is 9.52 Å². The Morgan fingerprint density at radius 3 is 2.63 bits per heavy atom. The predicted molar refractivity (Wildman–Crippen MR) is 78.2 cm³/mol. The van der Waals surface area contributed by atoms with Gasteiger partial charge in [-0.25, -0.2) is 0 Å². The minimum atomic E-state index is -0.568. The van der Waals surface area contributed by atoms with Gasteiger partial charge in [0.2, 0.25) is 0 Å². The van der Waals surface area contributed by atoms with Gasteiger partial charge in [-0.3, -0.25) is 4.90 Å². The second-order valence-electron chi connectivity index (χ2n) is 5.05. The molecule has 0 amide bonds. The van der Waals surface area contributed by atoms with Gasteiger partial charge in [-0.1, -0.05) is 32.0 Å². The molecule has 3 nitrogen and oxygen atoms in total. The van der Waals surface area contributed by atoms with Gasteiger partial charge in [0.05, 0.1) is 0 Å². The molecule has 1 heterocycles. The second-order valence-corrected chi connectivity index (χ2v) is 5.05. The van der Waals surface area contributed by atoms with Crippen molar-refractivity contribution in [3.05, 3.63) is 36.1 Å². The summed E-state index contributed by atoms with van der Waals surface area (Å²) >= 11 is 0. The molecule has 0 saturated heterocycles. The van der Waals surface area contributed by atoms with Crippen LogP contribution < -0.4 is 0 Å². The van der Waals surface area contributed by atoms with E-state index in [1.807, 2.05) is 30.3 Å². The Hall–Kier alpha value is -1.32. The number of aliphatic hydroxyl groups is 1. The van der Waals surface area contributed by atoms with Crippen LogP contribution in [0.15, 0.2) is 34.7 Å². The van der Waals surface area contributed by atoms with Crippen LogP contribution in [-0.4, -0.2) is 29.1 Å². The standard InChI is InChI=1S/C16H23NO2/c1-4-12(3)17(5-2)11-14(18)16-10-13-8-6-7-9-15(13)19-16/h6-10,12,14,18H,4-5,11H2,1-3H3. The Balaban J connectivity index is 2.12. The first-order valence-corrected chi connectivity index (χ1v) is 7.06. The minimum absolute atomic E-state index is 0.476. The fourth-order valence-electron chi connectivity index (χ4n) is 2.36. The third-order valence-corrected chi connectivity index (χ3v) is 3.80. The maximum Gasteiger partial charge on any atom is 0.135 e. The normalized spacial score (nSPS) is 15.0. The molecule has 2 unspecified atom stereocenters. The molecule has 0 aliphatic carbocycles. The SMILES string of the molecule is CCC(C)N(CC)CC(O)c1cc2ccccc2o1. The summed E-state index contributed by atoms with van der Waals surface area (Å²) in [5.41, 5.74) is 0.836. The Labute approximate surface area is 114 Å². The lowest BCUT2D eigenvalue weighted by molar-refractivity contribution is 0.0792. The number of hydrogen-bond donors (Lipinski definition) is 1. The molecule has 2 rings (SSSR count). The zero-order chi connectivity index (χ0) is 13.8. The average molecular weight is 261 g/mol. The smallest absolute Gasteiger partial charge is 0.135 e. The highest BCUT2D eigenvalue weighted by Crippen LogP contribution is 2.24. The van der Waals surface area contributed by atoms with Gasteiger partial charge >= 0.3 is 0 Å². The third-order valence-electron chi connectivity index (χ3n) is 3.80. The molecule has 0 aliphatic rings. The van der Waals surface area contributed by atoms with E-state index in [0.29, 0.717) is 18.3 Å². The van der Waals surface area contributed by atoms with Crippen LogP contribution in [-0.2, 0) is 0 Å². The van der Waals surface area contributed by atoms with Crippen LogP contribution in [0.5, 0.6) is 0 Å². The summed E-state index contributed by atoms with van der Waals surface area (Å²) in [6, 6.07) is 10.3. The van der Waals surface area contributed by atoms with Crippen molar-refractivity contribution in [2.24, 2.45) is 0 Å². The molecule has 0 fully saturated rings. The van der Waals surface area contributed by atoms with Crippen molar-refractivity contribution in [3.8, 4) is 0 Å². The van der Waals surface area contributed by atoms with Gasteiger partial charge in [0.1, 0.15) is 17.4 Å². The quantitative estimate of drug-likeness (QED) is 0.863. The Bertz CT molecular complexity index is 487. The van der Waals surface area contributed by atoms with Gasteiger partial charge in [0.25, 0.3) is 0 Å². The lowest BCUT2D eigenvalue weighted by Crippen LogP contribution is -2.35. The number of hydrogen-bond acceptors (Lipinski definition) is 3. The monoisotopic (exact) mass is 261 g/mol. The molecule has 2 aromatic rings. The highest BCUT2D eigenvalue weighted by Gasteiger charge is 2.19. The largest absolute Gasteiger partial charge is 0.458 e. The summed E-state index contributed by atoms with van der Waals surface area (Å²) < 4.78 is 5.71. The molecular weight excluding hydrogens is 238 g/mol. The summed E-state index contributed by atoms with van der Waals surface area (Å²) in [5, 5.41) is 11.4. The minimum Gasteiger partial charge on any atom is -0.458 e. The summed E-state index contributed by atoms with van der Waals surface area (Å²) in [4.78, 5) is 2.28. The topological polar surface area (TPSA) is 36.6 Å². The first-order chi connectivity index (χ1) is 9.15. The molecule has 0 bridgehead atoms. The third kappa shape index (κ3) is 3.17. The van der Waals surface area contributed by atoms with Gasteiger partial charge in [-0.05, 0) is 32.0 Å². The van der Waals surface area contributed by atoms with Crippen molar-refractivity contribution in [2.45, 2.75) is 39.3 Å². The van der Waals surface area contributed by atoms with E-state index in [0.717, 1.165) is 23.9 Å². The van der Waals surface area contributed by atoms with Crippen molar-refractivity contribution in [1.82, 2.24) is 4.90 Å². The van der Waals surface area contributed by atoms with E-state index < -0.39 is 6.10 Å². The zero-order valence-electron chi connectivity index (χ0n) is 12.0. The maximum absolute atomic E-state index is 10.3. The van der Waals surface area contributed by atoms with Crippen molar-refractivity contribution < 1.29 is 9.52 Å². The van der Waals surface area contributed by atoms with Crippen LogP contribution in [0.25, 0.3) is 11.0 Å². The molecule has 2 atom stereocenters. The van der Waals surface area contributed by atoms with E-state index in [-0.39, 0.29) is 0 Å². The summed E-state index contributed by atoms with van der Waals surface area (Å²) in [6.45, 7) is 8.03. The Morgan fingerprint density at radius 2 is 2.00 bits per heavy atom. The van der Waals surface area contributed by atoms with Crippen LogP contribution in [0.4, 0.5) is 0 Å². The molecule has 0 spiro atoms. The first-order valence-electron chi connectivity index (χ1n) is 7.06. The molecule has 104 valence electrons. The number of fused-ring (bicyclic) bond motifs is 1. The van der Waals surface area contributed by atoms with E-state index in [4.69, 9.17) is 4.42 Å². The van der Waals surface area contributed by atoms with Crippen molar-refractivity contribution >= 4 is 11.0 Å². The van der Waals surface area contributed by atoms with Crippen LogP contribution in [0.2, 0.25) is 0 Å². The molecule has 19 heavy (non-hydrogen) atoms. The van der Waals surface area contributed by atoms with Crippen LogP contribution in [0.1, 0.15) is 39.1 Å². The van der Waals surface area contributed by atoms with E-state index in [9.17, 15) is 5.11 Å². The van der Waals surface area contributed by atoms with E-state index in [1.165, 1.54) is 0 Å². The number of para-hydroxylation sites is 1. The van der Waals surface area contributed by atoms with Crippen molar-refractivity contribution in [2.75, 3.05) is 13.1 Å². The van der Waals surface area contributed by atoms with E-state index in [1.54, 1.807) is 0 Å². The Morgan fingerprint density at radius 1 is 1.26 bits per heavy atom. The highest BCUT2D eigenvalue weighted by atomic mass is 16.4. The molecule has 0 radical (unpaired) electrons. The summed E-state index contributed by atoms with van der Waals surface area (Å²) in [6.07, 6.45) is 0.516. The number of benzene rings is 1. The first kappa shape index (κ1) is 14.1. The lowest BCUT2D eigenvalue weighted by atomic mass is 10.1. The number of nitrogens with zero attached hydrogens (tertiary/aromatic N) is 1. The maximum atomic E-state index is 10.3. The zero-order valence-corrected chi connectivity index (χ0v) is 12.0. The molecule has 1 aromatic heterocycles. The van der Waals surface area contributed by atoms with Gasteiger partial charge in [-0.2, -0.15) is 0 Å².